The van der Waals surface area contributed by atoms with E-state index < -0.39 is 0 Å². The fourth-order valence-electron chi connectivity index (χ4n) is 3.41. The van der Waals surface area contributed by atoms with E-state index in [9.17, 15) is 0 Å². The molecule has 0 aliphatic rings. The molecular formula is C22H17Cl. The van der Waals surface area contributed by atoms with Crippen LogP contribution in [-0.4, -0.2) is 0 Å². The third-order valence-corrected chi connectivity index (χ3v) is 4.86. The van der Waals surface area contributed by atoms with E-state index in [0.717, 1.165) is 11.4 Å². The van der Waals surface area contributed by atoms with Gasteiger partial charge in [0.05, 0.1) is 0 Å². The predicted octanol–water partition coefficient (Wildman–Crippen LogP) is 6.55. The Morgan fingerprint density at radius 1 is 0.696 bits per heavy atom. The largest absolute Gasteiger partial charge is 0.0837 e. The van der Waals surface area contributed by atoms with E-state index in [-0.39, 0.29) is 0 Å². The SMILES string of the molecule is Cc1cccc2c(Cc3cccc4ccccc34)ccc(Cl)c12. The minimum atomic E-state index is 0.833. The van der Waals surface area contributed by atoms with Crippen LogP contribution in [0.25, 0.3) is 21.5 Å². The molecule has 0 spiro atoms. The molecule has 0 amide bonds. The van der Waals surface area contributed by atoms with Gasteiger partial charge < -0.3 is 0 Å². The smallest absolute Gasteiger partial charge is 0.0487 e. The summed E-state index contributed by atoms with van der Waals surface area (Å²) in [7, 11) is 0. The lowest BCUT2D eigenvalue weighted by molar-refractivity contribution is 1.24. The highest BCUT2D eigenvalue weighted by Crippen LogP contribution is 2.31. The summed E-state index contributed by atoms with van der Waals surface area (Å²) in [6.07, 6.45) is 0.915. The zero-order chi connectivity index (χ0) is 15.8. The molecule has 112 valence electrons. The van der Waals surface area contributed by atoms with Crippen molar-refractivity contribution < 1.29 is 0 Å². The summed E-state index contributed by atoms with van der Waals surface area (Å²) in [5, 5.41) is 5.88. The molecule has 4 rings (SSSR count). The predicted molar refractivity (Wildman–Crippen MR) is 100 cm³/mol. The van der Waals surface area contributed by atoms with Crippen molar-refractivity contribution in [3.05, 3.63) is 94.5 Å². The molecule has 0 saturated heterocycles. The van der Waals surface area contributed by atoms with Crippen LogP contribution in [0, 0.1) is 6.92 Å². The molecule has 0 heterocycles. The number of aryl methyl sites for hydroxylation is 1. The Morgan fingerprint density at radius 3 is 2.30 bits per heavy atom. The second-order valence-electron chi connectivity index (χ2n) is 6.02. The van der Waals surface area contributed by atoms with E-state index >= 15 is 0 Å². The molecule has 0 nitrogen and oxygen atoms in total. The van der Waals surface area contributed by atoms with Crippen molar-refractivity contribution in [2.75, 3.05) is 0 Å². The summed E-state index contributed by atoms with van der Waals surface area (Å²) >= 11 is 6.43. The van der Waals surface area contributed by atoms with Crippen LogP contribution in [0.4, 0.5) is 0 Å². The minimum absolute atomic E-state index is 0.833. The van der Waals surface area contributed by atoms with Gasteiger partial charge in [-0.15, -0.1) is 0 Å². The molecule has 0 aliphatic carbocycles. The molecule has 1 heteroatoms. The average Bonchev–Trinajstić information content (AvgIpc) is 2.58. The third-order valence-electron chi connectivity index (χ3n) is 4.55. The Balaban J connectivity index is 1.91. The van der Waals surface area contributed by atoms with Crippen LogP contribution in [0.5, 0.6) is 0 Å². The van der Waals surface area contributed by atoms with Crippen LogP contribution >= 0.6 is 11.6 Å². The van der Waals surface area contributed by atoms with Gasteiger partial charge in [-0.2, -0.15) is 0 Å². The van der Waals surface area contributed by atoms with Crippen LogP contribution in [0.2, 0.25) is 5.02 Å². The first kappa shape index (κ1) is 14.3. The number of benzene rings is 4. The van der Waals surface area contributed by atoms with Crippen molar-refractivity contribution in [1.29, 1.82) is 0 Å². The lowest BCUT2D eigenvalue weighted by atomic mass is 9.94. The van der Waals surface area contributed by atoms with Gasteiger partial charge in [-0.3, -0.25) is 0 Å². The number of hydrogen-bond donors (Lipinski definition) is 0. The van der Waals surface area contributed by atoms with Crippen LogP contribution in [0.3, 0.4) is 0 Å². The molecule has 0 saturated carbocycles. The maximum Gasteiger partial charge on any atom is 0.0487 e. The molecule has 4 aromatic carbocycles. The van der Waals surface area contributed by atoms with Gasteiger partial charge in [0.2, 0.25) is 0 Å². The summed E-state index contributed by atoms with van der Waals surface area (Å²) < 4.78 is 0. The van der Waals surface area contributed by atoms with Crippen molar-refractivity contribution in [2.24, 2.45) is 0 Å². The Bertz CT molecular complexity index is 1000. The molecule has 0 bridgehead atoms. The second kappa shape index (κ2) is 5.72. The van der Waals surface area contributed by atoms with E-state index in [1.807, 2.05) is 6.07 Å². The Kier molecular flexibility index (Phi) is 3.55. The molecule has 0 unspecified atom stereocenters. The van der Waals surface area contributed by atoms with Crippen LogP contribution in [0.15, 0.2) is 72.8 Å². The summed E-state index contributed by atoms with van der Waals surface area (Å²) in [6.45, 7) is 2.12. The summed E-state index contributed by atoms with van der Waals surface area (Å²) in [4.78, 5) is 0. The highest BCUT2D eigenvalue weighted by atomic mass is 35.5. The first-order chi connectivity index (χ1) is 11.2. The molecule has 4 aromatic rings. The Labute approximate surface area is 141 Å². The van der Waals surface area contributed by atoms with Crippen LogP contribution < -0.4 is 0 Å². The van der Waals surface area contributed by atoms with Gasteiger partial charge >= 0.3 is 0 Å². The third kappa shape index (κ3) is 2.50. The van der Waals surface area contributed by atoms with E-state index in [1.165, 1.54) is 38.2 Å². The average molecular weight is 317 g/mol. The van der Waals surface area contributed by atoms with Crippen molar-refractivity contribution in [3.63, 3.8) is 0 Å². The standard InChI is InChI=1S/C22H17Cl/c1-15-6-4-11-20-18(12-13-21(23)22(15)20)14-17-9-5-8-16-7-2-3-10-19(16)17/h2-13H,14H2,1H3. The van der Waals surface area contributed by atoms with Crippen LogP contribution in [0.1, 0.15) is 16.7 Å². The maximum atomic E-state index is 6.43. The van der Waals surface area contributed by atoms with E-state index in [1.54, 1.807) is 0 Å². The Hall–Kier alpha value is -2.31. The van der Waals surface area contributed by atoms with Crippen molar-refractivity contribution in [3.8, 4) is 0 Å². The first-order valence-electron chi connectivity index (χ1n) is 7.87. The van der Waals surface area contributed by atoms with E-state index in [0.29, 0.717) is 0 Å². The number of halogens is 1. The molecular weight excluding hydrogens is 300 g/mol. The number of hydrogen-bond acceptors (Lipinski definition) is 0. The molecule has 0 atom stereocenters. The lowest BCUT2D eigenvalue weighted by Gasteiger charge is -2.12. The molecule has 0 aromatic heterocycles. The van der Waals surface area contributed by atoms with Crippen molar-refractivity contribution >= 4 is 33.1 Å². The zero-order valence-electron chi connectivity index (χ0n) is 13.0. The van der Waals surface area contributed by atoms with Gasteiger partial charge in [0.1, 0.15) is 0 Å². The highest BCUT2D eigenvalue weighted by molar-refractivity contribution is 6.36. The molecule has 0 aliphatic heterocycles. The highest BCUT2D eigenvalue weighted by Gasteiger charge is 2.09. The quantitative estimate of drug-likeness (QED) is 0.393. The fraction of sp³-hybridized carbons (Fsp3) is 0.0909. The molecule has 0 fully saturated rings. The maximum absolute atomic E-state index is 6.43. The first-order valence-corrected chi connectivity index (χ1v) is 8.25. The van der Waals surface area contributed by atoms with Crippen molar-refractivity contribution in [2.45, 2.75) is 13.3 Å². The van der Waals surface area contributed by atoms with Gasteiger partial charge in [0.25, 0.3) is 0 Å². The summed E-state index contributed by atoms with van der Waals surface area (Å²) in [5.74, 6) is 0. The fourth-order valence-corrected chi connectivity index (χ4v) is 3.72. The summed E-state index contributed by atoms with van der Waals surface area (Å²) in [5.41, 5.74) is 3.91. The number of rotatable bonds is 2. The molecule has 23 heavy (non-hydrogen) atoms. The molecule has 0 radical (unpaired) electrons. The lowest BCUT2D eigenvalue weighted by Crippen LogP contribution is -1.93. The minimum Gasteiger partial charge on any atom is -0.0837 e. The zero-order valence-corrected chi connectivity index (χ0v) is 13.8. The van der Waals surface area contributed by atoms with E-state index in [2.05, 4.69) is 73.7 Å². The topological polar surface area (TPSA) is 0 Å². The second-order valence-corrected chi connectivity index (χ2v) is 6.43. The molecule has 0 N–H and O–H groups in total. The Morgan fingerprint density at radius 2 is 1.39 bits per heavy atom. The number of fused-ring (bicyclic) bond motifs is 2. The van der Waals surface area contributed by atoms with E-state index in [4.69, 9.17) is 11.6 Å². The van der Waals surface area contributed by atoms with Gasteiger partial charge in [-0.1, -0.05) is 78.3 Å². The van der Waals surface area contributed by atoms with Gasteiger partial charge in [0.15, 0.2) is 0 Å². The van der Waals surface area contributed by atoms with Gasteiger partial charge in [-0.05, 0) is 52.3 Å². The van der Waals surface area contributed by atoms with Crippen LogP contribution in [-0.2, 0) is 6.42 Å². The summed E-state index contributed by atoms with van der Waals surface area (Å²) in [6, 6.07) is 25.7. The van der Waals surface area contributed by atoms with Crippen molar-refractivity contribution in [1.82, 2.24) is 0 Å². The van der Waals surface area contributed by atoms with Gasteiger partial charge in [-0.25, -0.2) is 0 Å². The normalized spacial score (nSPS) is 11.2. The monoisotopic (exact) mass is 316 g/mol. The van der Waals surface area contributed by atoms with Gasteiger partial charge in [0, 0.05) is 10.4 Å².